The van der Waals surface area contributed by atoms with E-state index in [1.54, 1.807) is 4.68 Å². The van der Waals surface area contributed by atoms with Gasteiger partial charge >= 0.3 is 0 Å². The number of amides is 1. The summed E-state index contributed by atoms with van der Waals surface area (Å²) in [5, 5.41) is 14.1. The van der Waals surface area contributed by atoms with E-state index in [0.29, 0.717) is 6.54 Å². The Hall–Kier alpha value is -1.43. The average Bonchev–Trinajstić information content (AvgIpc) is 2.84. The van der Waals surface area contributed by atoms with Gasteiger partial charge in [-0.1, -0.05) is 38.3 Å². The Labute approximate surface area is 121 Å². The van der Waals surface area contributed by atoms with Gasteiger partial charge in [-0.25, -0.2) is 4.68 Å². The van der Waals surface area contributed by atoms with E-state index < -0.39 is 0 Å². The number of unbranched alkanes of at least 4 members (excludes halogenated alkanes) is 2. The molecule has 1 unspecified atom stereocenters. The van der Waals surface area contributed by atoms with Crippen molar-refractivity contribution in [3.8, 4) is 0 Å². The van der Waals surface area contributed by atoms with E-state index >= 15 is 0 Å². The van der Waals surface area contributed by atoms with Gasteiger partial charge < -0.3 is 10.6 Å². The van der Waals surface area contributed by atoms with Gasteiger partial charge in [-0.3, -0.25) is 4.79 Å². The molecule has 2 N–H and O–H groups in total. The highest BCUT2D eigenvalue weighted by atomic mass is 16.2. The molecule has 0 aliphatic heterocycles. The van der Waals surface area contributed by atoms with Gasteiger partial charge in [0, 0.05) is 12.6 Å². The first kappa shape index (κ1) is 16.6. The van der Waals surface area contributed by atoms with Crippen LogP contribution in [0.25, 0.3) is 0 Å². The highest BCUT2D eigenvalue weighted by molar-refractivity contribution is 5.75. The molecule has 1 atom stereocenters. The molecule has 6 nitrogen and oxygen atoms in total. The second-order valence-corrected chi connectivity index (χ2v) is 5.15. The van der Waals surface area contributed by atoms with E-state index in [2.05, 4.69) is 27.9 Å². The molecular formula is C14H27N5O. The molecule has 1 aromatic rings. The lowest BCUT2D eigenvalue weighted by molar-refractivity contribution is -0.122. The molecule has 0 spiro atoms. The quantitative estimate of drug-likeness (QED) is 0.637. The second-order valence-electron chi connectivity index (χ2n) is 5.15. The van der Waals surface area contributed by atoms with Crippen molar-refractivity contribution < 1.29 is 4.79 Å². The summed E-state index contributed by atoms with van der Waals surface area (Å²) in [6.07, 6.45) is 6.42. The number of nitrogens with one attached hydrogen (secondary N) is 2. The van der Waals surface area contributed by atoms with E-state index in [1.807, 2.05) is 20.0 Å². The molecule has 0 radical (unpaired) electrons. The van der Waals surface area contributed by atoms with Crippen LogP contribution in [0.4, 0.5) is 0 Å². The maximum absolute atomic E-state index is 11.9. The molecule has 114 valence electrons. The molecule has 1 rings (SSSR count). The van der Waals surface area contributed by atoms with Gasteiger partial charge in [-0.2, -0.15) is 0 Å². The van der Waals surface area contributed by atoms with Crippen molar-refractivity contribution in [2.75, 3.05) is 6.54 Å². The normalized spacial score (nSPS) is 12.3. The smallest absolute Gasteiger partial charge is 0.242 e. The van der Waals surface area contributed by atoms with E-state index in [1.165, 1.54) is 12.8 Å². The third kappa shape index (κ3) is 6.65. The van der Waals surface area contributed by atoms with Crippen molar-refractivity contribution in [3.05, 3.63) is 11.9 Å². The predicted molar refractivity (Wildman–Crippen MR) is 79.1 cm³/mol. The summed E-state index contributed by atoms with van der Waals surface area (Å²) >= 11 is 0. The standard InChI is InChI=1S/C14H27N5O/c1-4-6-7-8-12(3)16-14(20)11-19-10-13(17-18-19)9-15-5-2/h10,12,15H,4-9,11H2,1-3H3,(H,16,20). The summed E-state index contributed by atoms with van der Waals surface area (Å²) in [5.74, 6) is -0.00565. The number of rotatable bonds is 10. The largest absolute Gasteiger partial charge is 0.352 e. The minimum absolute atomic E-state index is 0.00565. The lowest BCUT2D eigenvalue weighted by Gasteiger charge is -2.13. The van der Waals surface area contributed by atoms with Gasteiger partial charge in [0.1, 0.15) is 6.54 Å². The zero-order valence-electron chi connectivity index (χ0n) is 12.9. The number of aromatic nitrogens is 3. The van der Waals surface area contributed by atoms with Crippen molar-refractivity contribution in [2.45, 2.75) is 65.6 Å². The molecule has 0 aliphatic rings. The fraction of sp³-hybridized carbons (Fsp3) is 0.786. The summed E-state index contributed by atoms with van der Waals surface area (Å²) in [6.45, 7) is 8.08. The van der Waals surface area contributed by atoms with E-state index in [9.17, 15) is 4.79 Å². The number of hydrogen-bond donors (Lipinski definition) is 2. The monoisotopic (exact) mass is 281 g/mol. The minimum atomic E-state index is -0.00565. The zero-order chi connectivity index (χ0) is 14.8. The van der Waals surface area contributed by atoms with Gasteiger partial charge in [-0.15, -0.1) is 5.10 Å². The first-order chi connectivity index (χ1) is 9.65. The lowest BCUT2D eigenvalue weighted by atomic mass is 10.1. The Balaban J connectivity index is 2.28. The Morgan fingerprint density at radius 2 is 2.20 bits per heavy atom. The van der Waals surface area contributed by atoms with Crippen LogP contribution in [0, 0.1) is 0 Å². The highest BCUT2D eigenvalue weighted by Gasteiger charge is 2.09. The molecule has 0 bridgehead atoms. The molecule has 0 saturated heterocycles. The number of carbonyl (C=O) groups is 1. The number of carbonyl (C=O) groups excluding carboxylic acids is 1. The van der Waals surface area contributed by atoms with Crippen LogP contribution in [-0.4, -0.2) is 33.5 Å². The molecule has 0 aliphatic carbocycles. The highest BCUT2D eigenvalue weighted by Crippen LogP contribution is 2.02. The van der Waals surface area contributed by atoms with Crippen LogP contribution in [0.15, 0.2) is 6.20 Å². The van der Waals surface area contributed by atoms with Crippen molar-refractivity contribution in [2.24, 2.45) is 0 Å². The van der Waals surface area contributed by atoms with Gasteiger partial charge in [0.05, 0.1) is 11.9 Å². The van der Waals surface area contributed by atoms with E-state index in [0.717, 1.165) is 25.1 Å². The molecule has 0 aromatic carbocycles. The third-order valence-corrected chi connectivity index (χ3v) is 3.10. The van der Waals surface area contributed by atoms with Gasteiger partial charge in [-0.05, 0) is 19.9 Å². The van der Waals surface area contributed by atoms with E-state index in [-0.39, 0.29) is 18.5 Å². The molecule has 0 saturated carbocycles. The molecular weight excluding hydrogens is 254 g/mol. The number of hydrogen-bond acceptors (Lipinski definition) is 4. The molecule has 1 heterocycles. The molecule has 1 aromatic heterocycles. The minimum Gasteiger partial charge on any atom is -0.352 e. The van der Waals surface area contributed by atoms with Crippen LogP contribution in [-0.2, 0) is 17.9 Å². The maximum atomic E-state index is 11.9. The molecule has 6 heteroatoms. The Kier molecular flexibility index (Phi) is 7.87. The number of nitrogens with zero attached hydrogens (tertiary/aromatic N) is 3. The second kappa shape index (κ2) is 9.47. The first-order valence-electron chi connectivity index (χ1n) is 7.54. The summed E-state index contributed by atoms with van der Waals surface area (Å²) in [6, 6.07) is 0.221. The van der Waals surface area contributed by atoms with Crippen LogP contribution in [0.3, 0.4) is 0 Å². The summed E-state index contributed by atoms with van der Waals surface area (Å²) < 4.78 is 1.58. The SMILES string of the molecule is CCCCCC(C)NC(=O)Cn1cc(CNCC)nn1. The average molecular weight is 281 g/mol. The fourth-order valence-electron chi connectivity index (χ4n) is 1.99. The Bertz CT molecular complexity index is 391. The Morgan fingerprint density at radius 3 is 2.90 bits per heavy atom. The van der Waals surface area contributed by atoms with Crippen LogP contribution >= 0.6 is 0 Å². The first-order valence-corrected chi connectivity index (χ1v) is 7.54. The molecule has 1 amide bonds. The van der Waals surface area contributed by atoms with Crippen LogP contribution in [0.2, 0.25) is 0 Å². The summed E-state index contributed by atoms with van der Waals surface area (Å²) in [4.78, 5) is 11.9. The zero-order valence-corrected chi connectivity index (χ0v) is 12.9. The van der Waals surface area contributed by atoms with E-state index in [4.69, 9.17) is 0 Å². The van der Waals surface area contributed by atoms with Crippen molar-refractivity contribution in [3.63, 3.8) is 0 Å². The van der Waals surface area contributed by atoms with Gasteiger partial charge in [0.25, 0.3) is 0 Å². The topological polar surface area (TPSA) is 71.8 Å². The van der Waals surface area contributed by atoms with Crippen LogP contribution in [0.5, 0.6) is 0 Å². The fourth-order valence-corrected chi connectivity index (χ4v) is 1.99. The molecule has 0 fully saturated rings. The van der Waals surface area contributed by atoms with Gasteiger partial charge in [0.15, 0.2) is 0 Å². The lowest BCUT2D eigenvalue weighted by Crippen LogP contribution is -2.35. The van der Waals surface area contributed by atoms with Crippen molar-refractivity contribution >= 4 is 5.91 Å². The van der Waals surface area contributed by atoms with Crippen molar-refractivity contribution in [1.82, 2.24) is 25.6 Å². The van der Waals surface area contributed by atoms with Gasteiger partial charge in [0.2, 0.25) is 5.91 Å². The maximum Gasteiger partial charge on any atom is 0.242 e. The predicted octanol–water partition coefficient (Wildman–Crippen LogP) is 1.47. The Morgan fingerprint density at radius 1 is 1.40 bits per heavy atom. The van der Waals surface area contributed by atoms with Crippen LogP contribution < -0.4 is 10.6 Å². The van der Waals surface area contributed by atoms with Crippen LogP contribution in [0.1, 0.15) is 52.1 Å². The van der Waals surface area contributed by atoms with Crippen molar-refractivity contribution in [1.29, 1.82) is 0 Å². The third-order valence-electron chi connectivity index (χ3n) is 3.10. The summed E-state index contributed by atoms with van der Waals surface area (Å²) in [5.41, 5.74) is 0.857. The molecule has 20 heavy (non-hydrogen) atoms. The summed E-state index contributed by atoms with van der Waals surface area (Å²) in [7, 11) is 0.